The number of carboxylic acid groups (broad SMARTS) is 2. The molecule has 2 aromatic heterocycles. The van der Waals surface area contributed by atoms with E-state index in [2.05, 4.69) is 15.4 Å². The van der Waals surface area contributed by atoms with Crippen molar-refractivity contribution in [2.75, 3.05) is 6.54 Å². The van der Waals surface area contributed by atoms with Crippen LogP contribution in [0.4, 0.5) is 4.39 Å². The summed E-state index contributed by atoms with van der Waals surface area (Å²) in [7, 11) is 0. The van der Waals surface area contributed by atoms with Crippen molar-refractivity contribution in [1.29, 1.82) is 0 Å². The van der Waals surface area contributed by atoms with Crippen molar-refractivity contribution >= 4 is 23.5 Å². The number of halogens is 1. The van der Waals surface area contributed by atoms with Gasteiger partial charge in [-0.3, -0.25) is 14.5 Å². The normalized spacial score (nSPS) is 12.0. The molecule has 11 heteroatoms. The number of nitrogens with one attached hydrogen (secondary N) is 1. The SMILES string of the molecule is Cc1ccc(CNC(=O)c2cc(CN(CC(=O)O)[C@H](C)c3ccc(C(=O)O)c(C)c3)n3nccc3n2)cc1F. The van der Waals surface area contributed by atoms with E-state index in [-0.39, 0.29) is 36.7 Å². The molecule has 0 saturated heterocycles. The number of carbonyl (C=O) groups excluding carboxylic acids is 1. The molecule has 2 aromatic carbocycles. The van der Waals surface area contributed by atoms with Crippen molar-refractivity contribution in [3.05, 3.63) is 99.8 Å². The predicted octanol–water partition coefficient (Wildman–Crippen LogP) is 3.76. The number of aromatic nitrogens is 3. The molecule has 1 atom stereocenters. The van der Waals surface area contributed by atoms with E-state index < -0.39 is 23.9 Å². The third kappa shape index (κ3) is 6.27. The van der Waals surface area contributed by atoms with E-state index in [9.17, 15) is 29.0 Å². The zero-order valence-electron chi connectivity index (χ0n) is 21.7. The number of fused-ring (bicyclic) bond motifs is 1. The molecule has 1 amide bonds. The Labute approximate surface area is 223 Å². The first-order valence-electron chi connectivity index (χ1n) is 12.2. The minimum Gasteiger partial charge on any atom is -0.480 e. The van der Waals surface area contributed by atoms with Crippen LogP contribution in [0.15, 0.2) is 54.7 Å². The summed E-state index contributed by atoms with van der Waals surface area (Å²) in [6.45, 7) is 5.07. The number of carbonyl (C=O) groups is 3. The van der Waals surface area contributed by atoms with E-state index in [1.807, 2.05) is 6.92 Å². The highest BCUT2D eigenvalue weighted by Crippen LogP contribution is 2.25. The van der Waals surface area contributed by atoms with E-state index >= 15 is 0 Å². The number of carboxylic acids is 2. The van der Waals surface area contributed by atoms with Gasteiger partial charge in [-0.15, -0.1) is 0 Å². The molecule has 0 aliphatic rings. The third-order valence-electron chi connectivity index (χ3n) is 6.57. The van der Waals surface area contributed by atoms with Gasteiger partial charge >= 0.3 is 11.9 Å². The molecule has 4 aromatic rings. The predicted molar refractivity (Wildman–Crippen MR) is 140 cm³/mol. The summed E-state index contributed by atoms with van der Waals surface area (Å²) in [6, 6.07) is 12.4. The van der Waals surface area contributed by atoms with Gasteiger partial charge in [0.05, 0.1) is 24.0 Å². The van der Waals surface area contributed by atoms with Crippen molar-refractivity contribution in [3.8, 4) is 0 Å². The number of aliphatic carboxylic acids is 1. The summed E-state index contributed by atoms with van der Waals surface area (Å²) in [5.41, 5.74) is 3.63. The molecule has 202 valence electrons. The number of nitrogens with zero attached hydrogens (tertiary/aromatic N) is 4. The van der Waals surface area contributed by atoms with Crippen molar-refractivity contribution in [2.45, 2.75) is 39.9 Å². The van der Waals surface area contributed by atoms with Crippen LogP contribution in [0.5, 0.6) is 0 Å². The average Bonchev–Trinajstić information content (AvgIpc) is 3.37. The first-order chi connectivity index (χ1) is 18.5. The maximum Gasteiger partial charge on any atom is 0.335 e. The summed E-state index contributed by atoms with van der Waals surface area (Å²) in [6.07, 6.45) is 1.53. The highest BCUT2D eigenvalue weighted by molar-refractivity contribution is 5.92. The third-order valence-corrected chi connectivity index (χ3v) is 6.57. The number of aromatic carboxylic acids is 1. The molecule has 0 aliphatic heterocycles. The van der Waals surface area contributed by atoms with Gasteiger partial charge in [-0.05, 0) is 61.2 Å². The molecule has 3 N–H and O–H groups in total. The van der Waals surface area contributed by atoms with E-state index in [4.69, 9.17) is 0 Å². The second kappa shape index (κ2) is 11.4. The Morgan fingerprint density at radius 1 is 1.05 bits per heavy atom. The maximum absolute atomic E-state index is 13.9. The summed E-state index contributed by atoms with van der Waals surface area (Å²) >= 11 is 0. The number of rotatable bonds is 10. The minimum atomic E-state index is -1.05. The molecule has 0 saturated carbocycles. The van der Waals surface area contributed by atoms with Crippen LogP contribution in [0.1, 0.15) is 61.8 Å². The van der Waals surface area contributed by atoms with E-state index in [0.717, 1.165) is 5.56 Å². The van der Waals surface area contributed by atoms with Gasteiger partial charge in [0.2, 0.25) is 0 Å². The summed E-state index contributed by atoms with van der Waals surface area (Å²) in [5.74, 6) is -2.91. The smallest absolute Gasteiger partial charge is 0.335 e. The summed E-state index contributed by atoms with van der Waals surface area (Å²) in [4.78, 5) is 42.2. The lowest BCUT2D eigenvalue weighted by atomic mass is 10.00. The Bertz CT molecular complexity index is 1570. The average molecular weight is 534 g/mol. The topological polar surface area (TPSA) is 137 Å². The highest BCUT2D eigenvalue weighted by Gasteiger charge is 2.23. The fraction of sp³-hybridized carbons (Fsp3) is 0.250. The van der Waals surface area contributed by atoms with Crippen LogP contribution in [0.3, 0.4) is 0 Å². The first-order valence-corrected chi connectivity index (χ1v) is 12.2. The fourth-order valence-electron chi connectivity index (χ4n) is 4.33. The molecule has 39 heavy (non-hydrogen) atoms. The number of amides is 1. The Hall–Kier alpha value is -4.64. The van der Waals surface area contributed by atoms with Crippen molar-refractivity contribution in [3.63, 3.8) is 0 Å². The second-order valence-corrected chi connectivity index (χ2v) is 9.35. The fourth-order valence-corrected chi connectivity index (χ4v) is 4.33. The van der Waals surface area contributed by atoms with Gasteiger partial charge < -0.3 is 15.5 Å². The van der Waals surface area contributed by atoms with Gasteiger partial charge in [-0.2, -0.15) is 5.10 Å². The zero-order valence-corrected chi connectivity index (χ0v) is 21.7. The maximum atomic E-state index is 13.9. The number of aryl methyl sites for hydroxylation is 2. The van der Waals surface area contributed by atoms with E-state index in [1.165, 1.54) is 22.8 Å². The highest BCUT2D eigenvalue weighted by atomic mass is 19.1. The molecule has 0 radical (unpaired) electrons. The van der Waals surface area contributed by atoms with Crippen LogP contribution in [-0.2, 0) is 17.9 Å². The van der Waals surface area contributed by atoms with Crippen LogP contribution in [-0.4, -0.2) is 54.1 Å². The van der Waals surface area contributed by atoms with Crippen LogP contribution in [0, 0.1) is 19.7 Å². The quantitative estimate of drug-likeness (QED) is 0.280. The van der Waals surface area contributed by atoms with E-state index in [1.54, 1.807) is 55.1 Å². The number of hydrogen-bond donors (Lipinski definition) is 3. The lowest BCUT2D eigenvalue weighted by Crippen LogP contribution is -2.33. The molecular weight excluding hydrogens is 505 g/mol. The van der Waals surface area contributed by atoms with Crippen molar-refractivity contribution in [2.24, 2.45) is 0 Å². The monoisotopic (exact) mass is 533 g/mol. The molecule has 0 spiro atoms. The van der Waals surface area contributed by atoms with Gasteiger partial charge in [0.25, 0.3) is 5.91 Å². The second-order valence-electron chi connectivity index (χ2n) is 9.35. The molecule has 2 heterocycles. The lowest BCUT2D eigenvalue weighted by Gasteiger charge is -2.28. The molecule has 0 unspecified atom stereocenters. The largest absolute Gasteiger partial charge is 0.480 e. The van der Waals surface area contributed by atoms with Crippen molar-refractivity contribution < 1.29 is 29.0 Å². The van der Waals surface area contributed by atoms with Gasteiger partial charge in [0.15, 0.2) is 5.65 Å². The Morgan fingerprint density at radius 2 is 1.82 bits per heavy atom. The molecule has 0 bridgehead atoms. The number of benzene rings is 2. The Kier molecular flexibility index (Phi) is 8.01. The van der Waals surface area contributed by atoms with Crippen LogP contribution in [0.25, 0.3) is 5.65 Å². The molecule has 10 nitrogen and oxygen atoms in total. The summed E-state index contributed by atoms with van der Waals surface area (Å²) < 4.78 is 15.4. The molecule has 4 rings (SSSR count). The Morgan fingerprint density at radius 3 is 2.49 bits per heavy atom. The standard InChI is InChI=1S/C28H28FN5O5/c1-16-4-5-19(11-23(16)29)13-30-27(37)24-12-21(34-25(32-24)8-9-31-34)14-33(15-26(35)36)18(3)20-6-7-22(28(38)39)17(2)10-20/h4-12,18H,13-15H2,1-3H3,(H,30,37)(H,35,36)(H,38,39)/t18-/m1/s1. The van der Waals surface area contributed by atoms with Crippen molar-refractivity contribution in [1.82, 2.24) is 24.8 Å². The van der Waals surface area contributed by atoms with Gasteiger partial charge in [-0.1, -0.05) is 24.3 Å². The first kappa shape index (κ1) is 27.4. The molecule has 0 aliphatic carbocycles. The van der Waals surface area contributed by atoms with E-state index in [0.29, 0.717) is 28.0 Å². The number of hydrogen-bond acceptors (Lipinski definition) is 6. The van der Waals surface area contributed by atoms with Crippen LogP contribution < -0.4 is 5.32 Å². The molecular formula is C28H28FN5O5. The Balaban J connectivity index is 1.61. The van der Waals surface area contributed by atoms with Crippen LogP contribution >= 0.6 is 0 Å². The molecule has 0 fully saturated rings. The summed E-state index contributed by atoms with van der Waals surface area (Å²) in [5, 5.41) is 26.0. The lowest BCUT2D eigenvalue weighted by molar-refractivity contribution is -0.139. The minimum absolute atomic E-state index is 0.103. The zero-order chi connectivity index (χ0) is 28.3. The van der Waals surface area contributed by atoms with Gasteiger partial charge in [0.1, 0.15) is 11.5 Å². The van der Waals surface area contributed by atoms with Gasteiger partial charge in [0, 0.05) is 25.2 Å². The van der Waals surface area contributed by atoms with Crippen LogP contribution in [0.2, 0.25) is 0 Å². The van der Waals surface area contributed by atoms with Gasteiger partial charge in [-0.25, -0.2) is 18.7 Å².